The van der Waals surface area contributed by atoms with Gasteiger partial charge in [0.1, 0.15) is 10.8 Å². The molecule has 10 heteroatoms. The zero-order valence-electron chi connectivity index (χ0n) is 17.9. The first-order valence-corrected chi connectivity index (χ1v) is 12.4. The lowest BCUT2D eigenvalue weighted by atomic mass is 10.1. The van der Waals surface area contributed by atoms with Crippen LogP contribution in [0.4, 0.5) is 10.1 Å². The summed E-state index contributed by atoms with van der Waals surface area (Å²) in [6.07, 6.45) is 1.27. The van der Waals surface area contributed by atoms with Crippen LogP contribution in [0.1, 0.15) is 50.4 Å². The van der Waals surface area contributed by atoms with Crippen LogP contribution in [0.15, 0.2) is 41.3 Å². The number of halogens is 1. The molecule has 2 heterocycles. The summed E-state index contributed by atoms with van der Waals surface area (Å²) in [6, 6.07) is 9.07. The van der Waals surface area contributed by atoms with Crippen LogP contribution in [0.5, 0.6) is 0 Å². The summed E-state index contributed by atoms with van der Waals surface area (Å²) in [6.45, 7) is 5.91. The molecule has 32 heavy (non-hydrogen) atoms. The van der Waals surface area contributed by atoms with Crippen LogP contribution in [0, 0.1) is 26.6 Å². The van der Waals surface area contributed by atoms with Crippen molar-refractivity contribution < 1.29 is 17.6 Å². The highest BCUT2D eigenvalue weighted by Crippen LogP contribution is 2.39. The van der Waals surface area contributed by atoms with Gasteiger partial charge in [-0.2, -0.15) is 4.31 Å². The Bertz CT molecular complexity index is 1270. The maximum absolute atomic E-state index is 13.8. The van der Waals surface area contributed by atoms with E-state index in [9.17, 15) is 17.6 Å². The molecule has 2 aromatic carbocycles. The molecule has 1 aliphatic rings. The fourth-order valence-electron chi connectivity index (χ4n) is 4.16. The number of para-hydroxylation sites is 1. The Morgan fingerprint density at radius 1 is 1.16 bits per heavy atom. The van der Waals surface area contributed by atoms with Crippen molar-refractivity contribution in [3.63, 3.8) is 0 Å². The van der Waals surface area contributed by atoms with Gasteiger partial charge in [-0.15, -0.1) is 10.2 Å². The number of rotatable bonds is 5. The van der Waals surface area contributed by atoms with Crippen LogP contribution < -0.4 is 5.32 Å². The number of aromatic nitrogens is 2. The highest BCUT2D eigenvalue weighted by atomic mass is 32.2. The summed E-state index contributed by atoms with van der Waals surface area (Å²) in [5, 5.41) is 11.0. The van der Waals surface area contributed by atoms with Crippen LogP contribution in [0.2, 0.25) is 0 Å². The molecular formula is C22H23FN4O3S2. The minimum Gasteiger partial charge on any atom is -0.317 e. The van der Waals surface area contributed by atoms with E-state index in [2.05, 4.69) is 15.5 Å². The minimum absolute atomic E-state index is 0.0460. The van der Waals surface area contributed by atoms with Crippen LogP contribution >= 0.6 is 11.3 Å². The van der Waals surface area contributed by atoms with E-state index in [0.29, 0.717) is 40.4 Å². The Hall–Kier alpha value is -2.69. The molecule has 1 aliphatic heterocycles. The van der Waals surface area contributed by atoms with Crippen molar-refractivity contribution in [3.05, 3.63) is 68.9 Å². The molecule has 0 spiro atoms. The number of aryl methyl sites for hydroxylation is 3. The number of hydrogen-bond acceptors (Lipinski definition) is 6. The number of amides is 1. The average Bonchev–Trinajstić information content (AvgIpc) is 3.38. The van der Waals surface area contributed by atoms with Crippen molar-refractivity contribution in [3.8, 4) is 0 Å². The monoisotopic (exact) mass is 474 g/mol. The van der Waals surface area contributed by atoms with Gasteiger partial charge >= 0.3 is 0 Å². The molecule has 1 fully saturated rings. The molecule has 1 aromatic heterocycles. The molecule has 1 amide bonds. The first-order chi connectivity index (χ1) is 15.2. The van der Waals surface area contributed by atoms with Crippen molar-refractivity contribution in [1.29, 1.82) is 0 Å². The van der Waals surface area contributed by atoms with Gasteiger partial charge in [0, 0.05) is 6.54 Å². The molecule has 168 valence electrons. The van der Waals surface area contributed by atoms with E-state index in [1.807, 2.05) is 19.1 Å². The van der Waals surface area contributed by atoms with Crippen molar-refractivity contribution in [2.45, 2.75) is 44.6 Å². The summed E-state index contributed by atoms with van der Waals surface area (Å²) in [5.41, 5.74) is 2.46. The second-order valence-corrected chi connectivity index (χ2v) is 10.7. The van der Waals surface area contributed by atoms with Gasteiger partial charge in [0.25, 0.3) is 5.91 Å². The SMILES string of the molecule is Cc1cc(C)c(S(=O)(=O)N2CCC[C@@H]2c2nnc(C(=O)Nc3ccccc3F)s2)c(C)c1. The highest BCUT2D eigenvalue weighted by molar-refractivity contribution is 7.89. The Labute approximate surface area is 190 Å². The fourth-order valence-corrected chi connectivity index (χ4v) is 7.19. The summed E-state index contributed by atoms with van der Waals surface area (Å²) < 4.78 is 42.4. The fraction of sp³-hybridized carbons (Fsp3) is 0.318. The molecule has 7 nitrogen and oxygen atoms in total. The normalized spacial score (nSPS) is 16.9. The van der Waals surface area contributed by atoms with E-state index < -0.39 is 27.8 Å². The lowest BCUT2D eigenvalue weighted by Gasteiger charge is -2.24. The van der Waals surface area contributed by atoms with Crippen molar-refractivity contribution >= 4 is 33.0 Å². The van der Waals surface area contributed by atoms with Gasteiger partial charge in [-0.05, 0) is 56.9 Å². The number of nitrogens with one attached hydrogen (secondary N) is 1. The number of carbonyl (C=O) groups excluding carboxylic acids is 1. The smallest absolute Gasteiger partial charge is 0.286 e. The number of anilines is 1. The van der Waals surface area contributed by atoms with E-state index in [1.54, 1.807) is 19.9 Å². The molecule has 0 radical (unpaired) electrons. The highest BCUT2D eigenvalue weighted by Gasteiger charge is 2.39. The van der Waals surface area contributed by atoms with Crippen LogP contribution in [-0.4, -0.2) is 35.4 Å². The number of benzene rings is 2. The van der Waals surface area contributed by atoms with Gasteiger partial charge in [0.05, 0.1) is 16.6 Å². The molecular weight excluding hydrogens is 451 g/mol. The Kier molecular flexibility index (Phi) is 6.11. The summed E-state index contributed by atoms with van der Waals surface area (Å²) in [5.74, 6) is -1.14. The topological polar surface area (TPSA) is 92.3 Å². The molecule has 0 saturated carbocycles. The third kappa shape index (κ3) is 4.17. The third-order valence-corrected chi connectivity index (χ3v) is 8.65. The van der Waals surface area contributed by atoms with E-state index in [-0.39, 0.29) is 10.7 Å². The minimum atomic E-state index is -3.76. The maximum Gasteiger partial charge on any atom is 0.286 e. The van der Waals surface area contributed by atoms with E-state index in [0.717, 1.165) is 16.9 Å². The largest absolute Gasteiger partial charge is 0.317 e. The van der Waals surface area contributed by atoms with E-state index in [4.69, 9.17) is 0 Å². The summed E-state index contributed by atoms with van der Waals surface area (Å²) >= 11 is 1.03. The van der Waals surface area contributed by atoms with Crippen LogP contribution in [0.25, 0.3) is 0 Å². The molecule has 0 aliphatic carbocycles. The van der Waals surface area contributed by atoms with E-state index >= 15 is 0 Å². The molecule has 0 unspecified atom stereocenters. The Balaban J connectivity index is 1.60. The molecule has 0 bridgehead atoms. The zero-order chi connectivity index (χ0) is 23.0. The summed E-state index contributed by atoms with van der Waals surface area (Å²) in [7, 11) is -3.76. The number of hydrogen-bond donors (Lipinski definition) is 1. The number of sulfonamides is 1. The second-order valence-electron chi connectivity index (χ2n) is 7.88. The maximum atomic E-state index is 13.8. The first kappa shape index (κ1) is 22.5. The van der Waals surface area contributed by atoms with Crippen molar-refractivity contribution in [2.75, 3.05) is 11.9 Å². The molecule has 3 aromatic rings. The molecule has 4 rings (SSSR count). The number of carbonyl (C=O) groups is 1. The molecule has 1 atom stereocenters. The molecule has 1 N–H and O–H groups in total. The first-order valence-electron chi connectivity index (χ1n) is 10.2. The zero-order valence-corrected chi connectivity index (χ0v) is 19.6. The van der Waals surface area contributed by atoms with Crippen LogP contribution in [0.3, 0.4) is 0 Å². The average molecular weight is 475 g/mol. The van der Waals surface area contributed by atoms with Gasteiger partial charge in [-0.25, -0.2) is 12.8 Å². The van der Waals surface area contributed by atoms with E-state index in [1.165, 1.54) is 22.5 Å². The predicted octanol–water partition coefficient (Wildman–Crippen LogP) is 4.38. The van der Waals surface area contributed by atoms with Gasteiger partial charge < -0.3 is 5.32 Å². The number of nitrogens with zero attached hydrogens (tertiary/aromatic N) is 3. The van der Waals surface area contributed by atoms with Gasteiger partial charge in [-0.1, -0.05) is 41.2 Å². The second kappa shape index (κ2) is 8.68. The lowest BCUT2D eigenvalue weighted by Crippen LogP contribution is -2.31. The Morgan fingerprint density at radius 3 is 2.53 bits per heavy atom. The van der Waals surface area contributed by atoms with Crippen LogP contribution in [-0.2, 0) is 10.0 Å². The van der Waals surface area contributed by atoms with Crippen molar-refractivity contribution in [1.82, 2.24) is 14.5 Å². The third-order valence-electron chi connectivity index (χ3n) is 5.42. The summed E-state index contributed by atoms with van der Waals surface area (Å²) in [4.78, 5) is 12.8. The quantitative estimate of drug-likeness (QED) is 0.592. The predicted molar refractivity (Wildman–Crippen MR) is 121 cm³/mol. The van der Waals surface area contributed by atoms with Crippen molar-refractivity contribution in [2.24, 2.45) is 0 Å². The standard InChI is InChI=1S/C22H23FN4O3S2/c1-13-11-14(2)19(15(3)12-13)32(29,30)27-10-6-9-18(27)21-25-26-22(31-21)20(28)24-17-8-5-4-7-16(17)23/h4-5,7-8,11-12,18H,6,9-10H2,1-3H3,(H,24,28)/t18-/m1/s1. The van der Waals surface area contributed by atoms with Gasteiger partial charge in [0.15, 0.2) is 0 Å². The van der Waals surface area contributed by atoms with Gasteiger partial charge in [-0.3, -0.25) is 4.79 Å². The molecule has 1 saturated heterocycles. The Morgan fingerprint density at radius 2 is 1.84 bits per heavy atom. The lowest BCUT2D eigenvalue weighted by molar-refractivity contribution is 0.102. The van der Waals surface area contributed by atoms with Gasteiger partial charge in [0.2, 0.25) is 15.0 Å².